The van der Waals surface area contributed by atoms with E-state index in [1.54, 1.807) is 18.3 Å². The molecule has 1 saturated heterocycles. The van der Waals surface area contributed by atoms with Crippen molar-refractivity contribution in [3.63, 3.8) is 0 Å². The maximum atomic E-state index is 14.0. The van der Waals surface area contributed by atoms with E-state index in [2.05, 4.69) is 20.3 Å². The highest BCUT2D eigenvalue weighted by atomic mass is 35.5. The summed E-state index contributed by atoms with van der Waals surface area (Å²) in [6.45, 7) is 1.40. The molecule has 3 N–H and O–H groups in total. The van der Waals surface area contributed by atoms with E-state index in [0.717, 1.165) is 18.4 Å². The third kappa shape index (κ3) is 7.06. The zero-order chi connectivity index (χ0) is 29.6. The largest absolute Gasteiger partial charge is 0.497 e. The van der Waals surface area contributed by atoms with Crippen LogP contribution in [0.15, 0.2) is 42.6 Å². The molecule has 2 aliphatic rings. The van der Waals surface area contributed by atoms with Crippen molar-refractivity contribution in [2.75, 3.05) is 38.8 Å². The van der Waals surface area contributed by atoms with Gasteiger partial charge in [-0.1, -0.05) is 23.7 Å². The summed E-state index contributed by atoms with van der Waals surface area (Å²) in [5.41, 5.74) is 2.79. The summed E-state index contributed by atoms with van der Waals surface area (Å²) in [5.74, 6) is -0.248. The van der Waals surface area contributed by atoms with Gasteiger partial charge in [0.25, 0.3) is 5.91 Å². The van der Waals surface area contributed by atoms with Crippen LogP contribution in [0.25, 0.3) is 11.3 Å². The monoisotopic (exact) mass is 611 g/mol. The van der Waals surface area contributed by atoms with Crippen molar-refractivity contribution in [3.05, 3.63) is 70.1 Å². The molecule has 3 aromatic rings. The SMILES string of the molecule is COc1cc(F)cc([C@@H](CCO)[Si]NC(=O)CN2Cc3ccc(-c4nc(NC5CCOCC5)ncc4Cl)cc3C2=O)c1. The number of benzene rings is 2. The fourth-order valence-corrected chi connectivity index (χ4v) is 6.26. The Balaban J connectivity index is 1.23. The first-order valence-electron chi connectivity index (χ1n) is 13.6. The molecule has 2 amide bonds. The number of aliphatic hydroxyl groups is 1. The van der Waals surface area contributed by atoms with E-state index >= 15 is 0 Å². The van der Waals surface area contributed by atoms with Crippen LogP contribution in [-0.4, -0.2) is 81.0 Å². The Bertz CT molecular complexity index is 1460. The van der Waals surface area contributed by atoms with Gasteiger partial charge < -0.3 is 29.8 Å². The molecule has 10 nitrogen and oxygen atoms in total. The minimum absolute atomic E-state index is 0.127. The number of halogens is 2. The number of aliphatic hydroxyl groups excluding tert-OH is 1. The number of amides is 2. The van der Waals surface area contributed by atoms with E-state index in [1.807, 2.05) is 12.1 Å². The van der Waals surface area contributed by atoms with Gasteiger partial charge in [-0.15, -0.1) is 0 Å². The summed E-state index contributed by atoms with van der Waals surface area (Å²) in [7, 11) is 1.32. The maximum absolute atomic E-state index is 14.0. The predicted octanol–water partition coefficient (Wildman–Crippen LogP) is 3.35. The van der Waals surface area contributed by atoms with Crippen LogP contribution < -0.4 is 15.0 Å². The summed E-state index contributed by atoms with van der Waals surface area (Å²) in [4.78, 5) is 39.4. The van der Waals surface area contributed by atoms with Gasteiger partial charge in [-0.2, -0.15) is 0 Å². The van der Waals surface area contributed by atoms with Gasteiger partial charge in [0.05, 0.1) is 30.6 Å². The van der Waals surface area contributed by atoms with Crippen molar-refractivity contribution >= 4 is 39.0 Å². The van der Waals surface area contributed by atoms with Gasteiger partial charge >= 0.3 is 0 Å². The molecule has 1 atom stereocenters. The van der Waals surface area contributed by atoms with E-state index in [4.69, 9.17) is 21.1 Å². The quantitative estimate of drug-likeness (QED) is 0.282. The van der Waals surface area contributed by atoms with Gasteiger partial charge in [-0.25, -0.2) is 14.4 Å². The minimum Gasteiger partial charge on any atom is -0.497 e. The van der Waals surface area contributed by atoms with Crippen molar-refractivity contribution < 1.29 is 28.6 Å². The van der Waals surface area contributed by atoms with Crippen LogP contribution in [-0.2, 0) is 16.1 Å². The van der Waals surface area contributed by atoms with Crippen LogP contribution in [0.5, 0.6) is 5.75 Å². The first kappa shape index (κ1) is 29.9. The lowest BCUT2D eigenvalue weighted by atomic mass is 10.0. The molecule has 3 heterocycles. The number of nitrogens with one attached hydrogen (secondary N) is 2. The zero-order valence-electron chi connectivity index (χ0n) is 23.0. The topological polar surface area (TPSA) is 126 Å². The van der Waals surface area contributed by atoms with E-state index in [9.17, 15) is 19.1 Å². The number of methoxy groups -OCH3 is 1. The number of nitrogens with zero attached hydrogens (tertiary/aromatic N) is 3. The summed E-state index contributed by atoms with van der Waals surface area (Å²) in [5, 5.41) is 13.2. The fraction of sp³-hybridized carbons (Fsp3) is 0.379. The zero-order valence-corrected chi connectivity index (χ0v) is 24.8. The molecule has 220 valence electrons. The number of carbonyl (C=O) groups is 2. The molecule has 5 rings (SSSR count). The Labute approximate surface area is 250 Å². The van der Waals surface area contributed by atoms with Crippen LogP contribution in [0.2, 0.25) is 5.02 Å². The van der Waals surface area contributed by atoms with Crippen LogP contribution in [0, 0.1) is 5.82 Å². The fourth-order valence-electron chi connectivity index (χ4n) is 5.03. The number of ether oxygens (including phenoxy) is 2. The Morgan fingerprint density at radius 2 is 2.10 bits per heavy atom. The smallest absolute Gasteiger partial charge is 0.254 e. The standard InChI is InChI=1S/C29H31ClFN5O5Si/c1-40-22-11-19(10-20(31)13-22)25(4-7-37)42-35-26(38)16-36-15-18-3-2-17(12-23(18)28(36)39)27-24(30)14-32-29(34-27)33-21-5-8-41-9-6-21/h2-3,10-14,21,25,37H,4-9,15-16H2,1H3,(H,35,38)(H,32,33,34)/t25-/m1/s1. The highest BCUT2D eigenvalue weighted by Gasteiger charge is 2.30. The van der Waals surface area contributed by atoms with Crippen molar-refractivity contribution in [1.29, 1.82) is 0 Å². The molecule has 0 spiro atoms. The first-order chi connectivity index (χ1) is 20.3. The average Bonchev–Trinajstić information content (AvgIpc) is 3.30. The predicted molar refractivity (Wildman–Crippen MR) is 156 cm³/mol. The number of carbonyl (C=O) groups excluding carboxylic acids is 2. The molecular weight excluding hydrogens is 581 g/mol. The van der Waals surface area contributed by atoms with Gasteiger partial charge in [-0.05, 0) is 54.1 Å². The second-order valence-electron chi connectivity index (χ2n) is 10.1. The highest BCUT2D eigenvalue weighted by molar-refractivity contribution is 6.39. The molecule has 42 heavy (non-hydrogen) atoms. The Hall–Kier alpha value is -3.58. The first-order valence-corrected chi connectivity index (χ1v) is 15.1. The molecule has 0 bridgehead atoms. The molecule has 1 fully saturated rings. The van der Waals surface area contributed by atoms with Crippen LogP contribution in [0.4, 0.5) is 10.3 Å². The van der Waals surface area contributed by atoms with Crippen molar-refractivity contribution in [2.45, 2.75) is 37.4 Å². The summed E-state index contributed by atoms with van der Waals surface area (Å²) < 4.78 is 24.6. The van der Waals surface area contributed by atoms with Gasteiger partial charge in [0.2, 0.25) is 11.9 Å². The van der Waals surface area contributed by atoms with Crippen LogP contribution >= 0.6 is 11.6 Å². The molecule has 0 unspecified atom stereocenters. The molecule has 13 heteroatoms. The van der Waals surface area contributed by atoms with E-state index in [1.165, 1.54) is 24.1 Å². The average molecular weight is 612 g/mol. The second kappa shape index (κ2) is 13.6. The number of rotatable bonds is 11. The van der Waals surface area contributed by atoms with Crippen LogP contribution in [0.1, 0.15) is 46.3 Å². The molecule has 0 aliphatic carbocycles. The number of fused-ring (bicyclic) bond motifs is 1. The van der Waals surface area contributed by atoms with Gasteiger partial charge in [0, 0.05) is 49.6 Å². The molecule has 0 saturated carbocycles. The molecule has 2 aromatic carbocycles. The van der Waals surface area contributed by atoms with Crippen LogP contribution in [0.3, 0.4) is 0 Å². The Morgan fingerprint density at radius 3 is 2.86 bits per heavy atom. The number of aromatic nitrogens is 2. The van der Waals surface area contributed by atoms with Crippen molar-refractivity contribution in [2.24, 2.45) is 0 Å². The normalized spacial score (nSPS) is 15.8. The van der Waals surface area contributed by atoms with E-state index < -0.39 is 5.82 Å². The van der Waals surface area contributed by atoms with E-state index in [-0.39, 0.29) is 46.2 Å². The summed E-state index contributed by atoms with van der Waals surface area (Å²) >= 11 is 6.45. The maximum Gasteiger partial charge on any atom is 0.254 e. The molecule has 1 aromatic heterocycles. The number of hydrogen-bond donors (Lipinski definition) is 3. The Morgan fingerprint density at radius 1 is 1.29 bits per heavy atom. The van der Waals surface area contributed by atoms with Gasteiger partial charge in [0.1, 0.15) is 11.6 Å². The van der Waals surface area contributed by atoms with E-state index in [0.29, 0.717) is 65.3 Å². The van der Waals surface area contributed by atoms with Gasteiger partial charge in [0.15, 0.2) is 9.68 Å². The summed E-state index contributed by atoms with van der Waals surface area (Å²) in [6.07, 6.45) is 3.60. The minimum atomic E-state index is -0.460. The van der Waals surface area contributed by atoms with Crippen molar-refractivity contribution in [3.8, 4) is 17.0 Å². The molecular formula is C29H31ClFN5O5Si. The Kier molecular flexibility index (Phi) is 9.68. The molecule has 2 radical (unpaired) electrons. The lowest BCUT2D eigenvalue weighted by Crippen LogP contribution is -2.40. The third-order valence-electron chi connectivity index (χ3n) is 7.23. The lowest BCUT2D eigenvalue weighted by molar-refractivity contribution is -0.120. The summed E-state index contributed by atoms with van der Waals surface area (Å²) in [6, 6.07) is 9.99. The second-order valence-corrected chi connectivity index (χ2v) is 11.8. The number of anilines is 1. The lowest BCUT2D eigenvalue weighted by Gasteiger charge is -2.23. The van der Waals surface area contributed by atoms with Crippen molar-refractivity contribution in [1.82, 2.24) is 19.9 Å². The molecule has 2 aliphatic heterocycles. The third-order valence-corrected chi connectivity index (χ3v) is 8.90. The number of hydrogen-bond acceptors (Lipinski definition) is 8. The highest BCUT2D eigenvalue weighted by Crippen LogP contribution is 2.32. The van der Waals surface area contributed by atoms with Gasteiger partial charge in [-0.3, -0.25) is 9.59 Å².